The molecule has 86 valence electrons. The molecule has 0 saturated heterocycles. The van der Waals surface area contributed by atoms with E-state index in [-0.39, 0.29) is 17.8 Å². The number of oxazole rings is 1. The minimum Gasteiger partial charge on any atom is -0.439 e. The van der Waals surface area contributed by atoms with E-state index >= 15 is 0 Å². The highest BCUT2D eigenvalue weighted by atomic mass is 19.1. The molecule has 3 nitrogen and oxygen atoms in total. The Kier molecular flexibility index (Phi) is 2.92. The van der Waals surface area contributed by atoms with Gasteiger partial charge in [0.1, 0.15) is 11.3 Å². The molecule has 2 unspecified atom stereocenters. The minimum atomic E-state index is -0.327. The van der Waals surface area contributed by atoms with Crippen molar-refractivity contribution in [3.63, 3.8) is 0 Å². The Labute approximate surface area is 93.5 Å². The van der Waals surface area contributed by atoms with Gasteiger partial charge in [0, 0.05) is 6.07 Å². The average Bonchev–Trinajstić information content (AvgIpc) is 2.69. The van der Waals surface area contributed by atoms with Crippen LogP contribution in [0.4, 0.5) is 4.39 Å². The van der Waals surface area contributed by atoms with Gasteiger partial charge >= 0.3 is 0 Å². The predicted octanol–water partition coefficient (Wildman–Crippen LogP) is 3.01. The molecule has 1 aromatic carbocycles. The largest absolute Gasteiger partial charge is 0.439 e. The number of halogens is 1. The van der Waals surface area contributed by atoms with Crippen LogP contribution in [0.1, 0.15) is 32.2 Å². The Morgan fingerprint density at radius 2 is 2.25 bits per heavy atom. The Balaban J connectivity index is 2.39. The van der Waals surface area contributed by atoms with Crippen LogP contribution in [-0.2, 0) is 0 Å². The van der Waals surface area contributed by atoms with Crippen LogP contribution in [0.15, 0.2) is 22.6 Å². The third-order valence-electron chi connectivity index (χ3n) is 2.91. The van der Waals surface area contributed by atoms with Crippen molar-refractivity contribution in [3.05, 3.63) is 29.9 Å². The number of hydrogen-bond donors (Lipinski definition) is 1. The summed E-state index contributed by atoms with van der Waals surface area (Å²) < 4.78 is 18.4. The smallest absolute Gasteiger partial charge is 0.212 e. The highest BCUT2D eigenvalue weighted by Gasteiger charge is 2.19. The maximum atomic E-state index is 13.0. The fourth-order valence-corrected chi connectivity index (χ4v) is 1.56. The number of hydrogen-bond acceptors (Lipinski definition) is 3. The molecule has 2 atom stereocenters. The molecule has 1 aromatic heterocycles. The van der Waals surface area contributed by atoms with Crippen molar-refractivity contribution >= 4 is 11.1 Å². The highest BCUT2D eigenvalue weighted by molar-refractivity contribution is 5.72. The summed E-state index contributed by atoms with van der Waals surface area (Å²) in [6, 6.07) is 4.06. The van der Waals surface area contributed by atoms with E-state index in [9.17, 15) is 4.39 Å². The van der Waals surface area contributed by atoms with Crippen LogP contribution in [0.2, 0.25) is 0 Å². The van der Waals surface area contributed by atoms with Gasteiger partial charge in [-0.2, -0.15) is 0 Å². The van der Waals surface area contributed by atoms with Crippen LogP contribution in [0, 0.1) is 11.7 Å². The third kappa shape index (κ3) is 1.93. The lowest BCUT2D eigenvalue weighted by Gasteiger charge is -2.13. The van der Waals surface area contributed by atoms with Crippen LogP contribution >= 0.6 is 0 Å². The van der Waals surface area contributed by atoms with Gasteiger partial charge in [-0.1, -0.05) is 20.3 Å². The second-order valence-electron chi connectivity index (χ2n) is 4.08. The van der Waals surface area contributed by atoms with E-state index in [0.29, 0.717) is 17.0 Å². The number of nitrogens with two attached hydrogens (primary N) is 1. The Bertz CT molecular complexity index is 495. The summed E-state index contributed by atoms with van der Waals surface area (Å²) in [6.07, 6.45) is 0.953. The Hall–Kier alpha value is -1.42. The average molecular weight is 222 g/mol. The summed E-state index contributed by atoms with van der Waals surface area (Å²) in [5, 5.41) is 0. The van der Waals surface area contributed by atoms with Crippen LogP contribution in [0.3, 0.4) is 0 Å². The summed E-state index contributed by atoms with van der Waals surface area (Å²) in [6.45, 7) is 4.10. The molecule has 0 bridgehead atoms. The second-order valence-corrected chi connectivity index (χ2v) is 4.08. The van der Waals surface area contributed by atoms with E-state index in [1.807, 2.05) is 6.92 Å². The monoisotopic (exact) mass is 222 g/mol. The quantitative estimate of drug-likeness (QED) is 0.868. The van der Waals surface area contributed by atoms with Gasteiger partial charge in [0.15, 0.2) is 5.58 Å². The zero-order valence-electron chi connectivity index (χ0n) is 9.40. The number of aromatic nitrogens is 1. The van der Waals surface area contributed by atoms with Crippen molar-refractivity contribution in [2.75, 3.05) is 0 Å². The number of fused-ring (bicyclic) bond motifs is 1. The summed E-state index contributed by atoms with van der Waals surface area (Å²) in [7, 11) is 0. The fourth-order valence-electron chi connectivity index (χ4n) is 1.56. The molecule has 2 aromatic rings. The highest BCUT2D eigenvalue weighted by Crippen LogP contribution is 2.25. The lowest BCUT2D eigenvalue weighted by Crippen LogP contribution is -2.18. The topological polar surface area (TPSA) is 52.0 Å². The predicted molar refractivity (Wildman–Crippen MR) is 60.4 cm³/mol. The zero-order valence-corrected chi connectivity index (χ0v) is 9.40. The van der Waals surface area contributed by atoms with Crippen LogP contribution in [-0.4, -0.2) is 4.98 Å². The summed E-state index contributed by atoms with van der Waals surface area (Å²) in [5.41, 5.74) is 7.10. The molecule has 0 aliphatic heterocycles. The van der Waals surface area contributed by atoms with Crippen LogP contribution < -0.4 is 5.73 Å². The number of benzene rings is 1. The van der Waals surface area contributed by atoms with Gasteiger partial charge in [0.25, 0.3) is 0 Å². The second kappa shape index (κ2) is 4.22. The van der Waals surface area contributed by atoms with Crippen molar-refractivity contribution in [2.45, 2.75) is 26.3 Å². The molecule has 1 heterocycles. The van der Waals surface area contributed by atoms with E-state index in [2.05, 4.69) is 11.9 Å². The molecule has 2 N–H and O–H groups in total. The van der Waals surface area contributed by atoms with E-state index in [1.165, 1.54) is 12.1 Å². The van der Waals surface area contributed by atoms with Crippen molar-refractivity contribution in [1.82, 2.24) is 4.98 Å². The lowest BCUT2D eigenvalue weighted by molar-refractivity contribution is 0.375. The van der Waals surface area contributed by atoms with E-state index in [0.717, 1.165) is 6.42 Å². The fraction of sp³-hybridized carbons (Fsp3) is 0.417. The first-order valence-electron chi connectivity index (χ1n) is 5.43. The third-order valence-corrected chi connectivity index (χ3v) is 2.91. The SMILES string of the molecule is CCC(C)C(N)c1nc2ccc(F)cc2o1. The molecule has 0 aliphatic rings. The van der Waals surface area contributed by atoms with Gasteiger partial charge in [-0.05, 0) is 18.1 Å². The first kappa shape index (κ1) is 11.1. The molecule has 4 heteroatoms. The lowest BCUT2D eigenvalue weighted by atomic mass is 10.0. The summed E-state index contributed by atoms with van der Waals surface area (Å²) in [5.74, 6) is 0.445. The normalized spacial score (nSPS) is 15.2. The van der Waals surface area contributed by atoms with Crippen LogP contribution in [0.5, 0.6) is 0 Å². The van der Waals surface area contributed by atoms with Crippen molar-refractivity contribution in [2.24, 2.45) is 11.7 Å². The summed E-state index contributed by atoms with van der Waals surface area (Å²) in [4.78, 5) is 4.26. The minimum absolute atomic E-state index is 0.236. The van der Waals surface area contributed by atoms with Gasteiger partial charge in [-0.3, -0.25) is 0 Å². The molecule has 0 spiro atoms. The first-order valence-corrected chi connectivity index (χ1v) is 5.43. The van der Waals surface area contributed by atoms with Gasteiger partial charge in [-0.15, -0.1) is 0 Å². The van der Waals surface area contributed by atoms with Crippen molar-refractivity contribution < 1.29 is 8.81 Å². The van der Waals surface area contributed by atoms with Crippen LogP contribution in [0.25, 0.3) is 11.1 Å². The molecular weight excluding hydrogens is 207 g/mol. The molecule has 2 rings (SSSR count). The molecule has 0 fully saturated rings. The molecule has 0 amide bonds. The number of rotatable bonds is 3. The maximum absolute atomic E-state index is 13.0. The Morgan fingerprint density at radius 1 is 1.50 bits per heavy atom. The zero-order chi connectivity index (χ0) is 11.7. The molecule has 16 heavy (non-hydrogen) atoms. The Morgan fingerprint density at radius 3 is 2.94 bits per heavy atom. The molecule has 0 aliphatic carbocycles. The van der Waals surface area contributed by atoms with Gasteiger partial charge < -0.3 is 10.2 Å². The number of nitrogens with zero attached hydrogens (tertiary/aromatic N) is 1. The first-order chi connectivity index (χ1) is 7.61. The van der Waals surface area contributed by atoms with Gasteiger partial charge in [0.2, 0.25) is 5.89 Å². The molecular formula is C12H15FN2O. The molecule has 0 radical (unpaired) electrons. The van der Waals surface area contributed by atoms with E-state index in [1.54, 1.807) is 6.07 Å². The summed E-state index contributed by atoms with van der Waals surface area (Å²) >= 11 is 0. The van der Waals surface area contributed by atoms with E-state index in [4.69, 9.17) is 10.2 Å². The van der Waals surface area contributed by atoms with Crippen molar-refractivity contribution in [3.8, 4) is 0 Å². The standard InChI is InChI=1S/C12H15FN2O/c1-3-7(2)11(14)12-15-9-5-4-8(13)6-10(9)16-12/h4-7,11H,3,14H2,1-2H3. The maximum Gasteiger partial charge on any atom is 0.212 e. The van der Waals surface area contributed by atoms with Gasteiger partial charge in [-0.25, -0.2) is 9.37 Å². The molecule has 0 saturated carbocycles. The van der Waals surface area contributed by atoms with Crippen molar-refractivity contribution in [1.29, 1.82) is 0 Å². The van der Waals surface area contributed by atoms with E-state index < -0.39 is 0 Å². The van der Waals surface area contributed by atoms with Gasteiger partial charge in [0.05, 0.1) is 6.04 Å².